The van der Waals surface area contributed by atoms with Crippen LogP contribution in [0.5, 0.6) is 0 Å². The molecule has 0 aliphatic heterocycles. The predicted octanol–water partition coefficient (Wildman–Crippen LogP) is 3.54. The highest BCUT2D eigenvalue weighted by Gasteiger charge is 2.17. The molecule has 0 aliphatic carbocycles. The molecule has 2 atom stereocenters. The van der Waals surface area contributed by atoms with Gasteiger partial charge < -0.3 is 0 Å². The molecule has 0 aromatic carbocycles. The smallest absolute Gasteiger partial charge is 0.00672 e. The van der Waals surface area contributed by atoms with E-state index in [1.807, 2.05) is 0 Å². The number of hydrogen-bond donors (Lipinski definition) is 0. The SMILES string of the molecule is CCC(C)N(CC(C)C)C(C)CC. The Labute approximate surface area is 84.5 Å². The minimum absolute atomic E-state index is 0.734. The third-order valence-electron chi connectivity index (χ3n) is 2.89. The van der Waals surface area contributed by atoms with Gasteiger partial charge >= 0.3 is 0 Å². The fraction of sp³-hybridized carbons (Fsp3) is 1.00. The first-order valence-corrected chi connectivity index (χ1v) is 5.78. The first kappa shape index (κ1) is 13.0. The second-order valence-corrected chi connectivity index (χ2v) is 4.61. The Morgan fingerprint density at radius 3 is 1.46 bits per heavy atom. The van der Waals surface area contributed by atoms with Crippen LogP contribution in [0, 0.1) is 5.92 Å². The van der Waals surface area contributed by atoms with Crippen LogP contribution in [0.2, 0.25) is 0 Å². The molecule has 0 saturated heterocycles. The first-order chi connectivity index (χ1) is 6.02. The molecule has 0 heterocycles. The quantitative estimate of drug-likeness (QED) is 0.612. The standard InChI is InChI=1S/C12H27N/c1-7-11(5)13(9-10(3)4)12(6)8-2/h10-12H,7-9H2,1-6H3. The van der Waals surface area contributed by atoms with Crippen molar-refractivity contribution in [3.05, 3.63) is 0 Å². The van der Waals surface area contributed by atoms with E-state index in [1.54, 1.807) is 0 Å². The van der Waals surface area contributed by atoms with E-state index in [-0.39, 0.29) is 0 Å². The third-order valence-corrected chi connectivity index (χ3v) is 2.89. The van der Waals surface area contributed by atoms with E-state index in [0.717, 1.165) is 18.0 Å². The van der Waals surface area contributed by atoms with Crippen molar-refractivity contribution in [1.29, 1.82) is 0 Å². The minimum Gasteiger partial charge on any atom is -0.298 e. The van der Waals surface area contributed by atoms with Crippen molar-refractivity contribution in [2.45, 2.75) is 66.5 Å². The Morgan fingerprint density at radius 2 is 1.23 bits per heavy atom. The van der Waals surface area contributed by atoms with Crippen molar-refractivity contribution in [2.24, 2.45) is 5.92 Å². The van der Waals surface area contributed by atoms with Gasteiger partial charge in [0.25, 0.3) is 0 Å². The minimum atomic E-state index is 0.734. The van der Waals surface area contributed by atoms with Gasteiger partial charge in [-0.15, -0.1) is 0 Å². The van der Waals surface area contributed by atoms with E-state index in [0.29, 0.717) is 0 Å². The van der Waals surface area contributed by atoms with Crippen molar-refractivity contribution in [2.75, 3.05) is 6.54 Å². The molecule has 0 saturated carbocycles. The summed E-state index contributed by atoms with van der Waals surface area (Å²) in [4.78, 5) is 2.64. The van der Waals surface area contributed by atoms with Gasteiger partial charge in [0, 0.05) is 18.6 Å². The molecule has 0 fully saturated rings. The second kappa shape index (κ2) is 6.42. The lowest BCUT2D eigenvalue weighted by atomic mass is 10.1. The van der Waals surface area contributed by atoms with Crippen LogP contribution < -0.4 is 0 Å². The van der Waals surface area contributed by atoms with Gasteiger partial charge in [0.05, 0.1) is 0 Å². The van der Waals surface area contributed by atoms with Crippen LogP contribution in [0.1, 0.15) is 54.4 Å². The molecular weight excluding hydrogens is 158 g/mol. The zero-order chi connectivity index (χ0) is 10.4. The predicted molar refractivity (Wildman–Crippen MR) is 61.1 cm³/mol. The Kier molecular flexibility index (Phi) is 6.40. The molecule has 0 rings (SSSR count). The van der Waals surface area contributed by atoms with Gasteiger partial charge in [0.15, 0.2) is 0 Å². The highest BCUT2D eigenvalue weighted by molar-refractivity contribution is 4.72. The lowest BCUT2D eigenvalue weighted by molar-refractivity contribution is 0.129. The molecule has 0 aromatic heterocycles. The summed E-state index contributed by atoms with van der Waals surface area (Å²) in [5.74, 6) is 0.781. The fourth-order valence-electron chi connectivity index (χ4n) is 1.68. The van der Waals surface area contributed by atoms with E-state index in [1.165, 1.54) is 19.4 Å². The van der Waals surface area contributed by atoms with E-state index >= 15 is 0 Å². The van der Waals surface area contributed by atoms with Gasteiger partial charge in [-0.1, -0.05) is 27.7 Å². The Bertz CT molecular complexity index is 110. The maximum Gasteiger partial charge on any atom is 0.00672 e. The van der Waals surface area contributed by atoms with Gasteiger partial charge in [0.1, 0.15) is 0 Å². The van der Waals surface area contributed by atoms with Crippen molar-refractivity contribution in [3.8, 4) is 0 Å². The van der Waals surface area contributed by atoms with Crippen molar-refractivity contribution in [1.82, 2.24) is 4.90 Å². The summed E-state index contributed by atoms with van der Waals surface area (Å²) in [6, 6.07) is 1.47. The summed E-state index contributed by atoms with van der Waals surface area (Å²) >= 11 is 0. The van der Waals surface area contributed by atoms with Crippen molar-refractivity contribution in [3.63, 3.8) is 0 Å². The summed E-state index contributed by atoms with van der Waals surface area (Å²) in [6.07, 6.45) is 2.52. The maximum absolute atomic E-state index is 2.64. The average molecular weight is 185 g/mol. The first-order valence-electron chi connectivity index (χ1n) is 5.78. The van der Waals surface area contributed by atoms with Crippen LogP contribution in [0.15, 0.2) is 0 Å². The van der Waals surface area contributed by atoms with Crippen LogP contribution >= 0.6 is 0 Å². The van der Waals surface area contributed by atoms with Gasteiger partial charge in [-0.05, 0) is 32.6 Å². The van der Waals surface area contributed by atoms with Gasteiger partial charge in [0.2, 0.25) is 0 Å². The lowest BCUT2D eigenvalue weighted by Crippen LogP contribution is -2.41. The zero-order valence-electron chi connectivity index (χ0n) is 10.3. The highest BCUT2D eigenvalue weighted by atomic mass is 15.2. The Hall–Kier alpha value is -0.0400. The van der Waals surface area contributed by atoms with E-state index in [4.69, 9.17) is 0 Å². The van der Waals surface area contributed by atoms with Crippen molar-refractivity contribution >= 4 is 0 Å². The molecule has 0 bridgehead atoms. The van der Waals surface area contributed by atoms with E-state index in [9.17, 15) is 0 Å². The molecule has 0 aliphatic rings. The number of nitrogens with zero attached hydrogens (tertiary/aromatic N) is 1. The fourth-order valence-corrected chi connectivity index (χ4v) is 1.68. The van der Waals surface area contributed by atoms with Crippen LogP contribution in [-0.4, -0.2) is 23.5 Å². The average Bonchev–Trinajstić information content (AvgIpc) is 2.11. The van der Waals surface area contributed by atoms with E-state index in [2.05, 4.69) is 46.4 Å². The molecule has 0 N–H and O–H groups in total. The molecule has 0 spiro atoms. The van der Waals surface area contributed by atoms with Gasteiger partial charge in [-0.25, -0.2) is 0 Å². The van der Waals surface area contributed by atoms with E-state index < -0.39 is 0 Å². The maximum atomic E-state index is 2.64. The normalized spacial score (nSPS) is 16.6. The molecule has 0 amide bonds. The van der Waals surface area contributed by atoms with Crippen LogP contribution in [0.25, 0.3) is 0 Å². The van der Waals surface area contributed by atoms with Crippen molar-refractivity contribution < 1.29 is 0 Å². The summed E-state index contributed by atoms with van der Waals surface area (Å²) in [7, 11) is 0. The van der Waals surface area contributed by atoms with Crippen LogP contribution in [0.4, 0.5) is 0 Å². The molecule has 2 unspecified atom stereocenters. The molecule has 80 valence electrons. The Morgan fingerprint density at radius 1 is 0.846 bits per heavy atom. The monoisotopic (exact) mass is 185 g/mol. The molecule has 1 heteroatoms. The highest BCUT2D eigenvalue weighted by Crippen LogP contribution is 2.13. The number of hydrogen-bond acceptors (Lipinski definition) is 1. The summed E-state index contributed by atoms with van der Waals surface area (Å²) in [6.45, 7) is 15.1. The molecule has 0 aromatic rings. The summed E-state index contributed by atoms with van der Waals surface area (Å²) < 4.78 is 0. The molecule has 0 radical (unpaired) electrons. The zero-order valence-corrected chi connectivity index (χ0v) is 10.3. The van der Waals surface area contributed by atoms with Gasteiger partial charge in [-0.3, -0.25) is 4.90 Å². The summed E-state index contributed by atoms with van der Waals surface area (Å²) in [5, 5.41) is 0. The van der Waals surface area contributed by atoms with Crippen LogP contribution in [-0.2, 0) is 0 Å². The number of rotatable bonds is 6. The summed E-state index contributed by atoms with van der Waals surface area (Å²) in [5.41, 5.74) is 0. The molecule has 13 heavy (non-hydrogen) atoms. The lowest BCUT2D eigenvalue weighted by Gasteiger charge is -2.35. The molecule has 1 nitrogen and oxygen atoms in total. The third kappa shape index (κ3) is 4.66. The largest absolute Gasteiger partial charge is 0.298 e. The molecular formula is C12H27N. The Balaban J connectivity index is 4.17. The van der Waals surface area contributed by atoms with Gasteiger partial charge in [-0.2, -0.15) is 0 Å². The van der Waals surface area contributed by atoms with Crippen LogP contribution in [0.3, 0.4) is 0 Å². The second-order valence-electron chi connectivity index (χ2n) is 4.61. The topological polar surface area (TPSA) is 3.24 Å².